The number of hydrogen-bond donors (Lipinski definition) is 1. The number of nitrogens with one attached hydrogen (secondary N) is 1. The Balaban J connectivity index is 2.09. The van der Waals surface area contributed by atoms with Crippen molar-refractivity contribution in [1.29, 1.82) is 0 Å². The fourth-order valence-electron chi connectivity index (χ4n) is 2.59. The molecule has 0 radical (unpaired) electrons. The second kappa shape index (κ2) is 8.29. The molecule has 1 aromatic heterocycles. The maximum absolute atomic E-state index is 12.2. The van der Waals surface area contributed by atoms with E-state index in [2.05, 4.69) is 41.2 Å². The van der Waals surface area contributed by atoms with Crippen molar-refractivity contribution in [3.63, 3.8) is 0 Å². The first-order valence-corrected chi connectivity index (χ1v) is 7.73. The normalized spacial score (nSPS) is 12.1. The van der Waals surface area contributed by atoms with E-state index in [0.29, 0.717) is 12.1 Å². The average Bonchev–Trinajstić information content (AvgIpc) is 2.60. The van der Waals surface area contributed by atoms with Crippen LogP contribution in [-0.2, 0) is 0 Å². The van der Waals surface area contributed by atoms with Gasteiger partial charge in [0.2, 0.25) is 0 Å². The van der Waals surface area contributed by atoms with Gasteiger partial charge in [-0.25, -0.2) is 0 Å². The Hall–Kier alpha value is -2.20. The minimum atomic E-state index is -0.0597. The maximum atomic E-state index is 12.2. The zero-order valence-corrected chi connectivity index (χ0v) is 13.2. The summed E-state index contributed by atoms with van der Waals surface area (Å²) in [6.45, 7) is 6.77. The van der Waals surface area contributed by atoms with Gasteiger partial charge in [0.25, 0.3) is 5.91 Å². The van der Waals surface area contributed by atoms with E-state index >= 15 is 0 Å². The summed E-state index contributed by atoms with van der Waals surface area (Å²) in [5, 5.41) is 3.04. The number of carbonyl (C=O) groups is 1. The molecule has 1 N–H and O–H groups in total. The highest BCUT2D eigenvalue weighted by atomic mass is 16.1. The fourth-order valence-corrected chi connectivity index (χ4v) is 2.59. The molecule has 0 spiro atoms. The topological polar surface area (TPSA) is 45.2 Å². The number of likely N-dealkylation sites (N-methyl/N-ethyl adjacent to an activating group) is 1. The van der Waals surface area contributed by atoms with Crippen molar-refractivity contribution >= 4 is 5.91 Å². The number of hydrogen-bond acceptors (Lipinski definition) is 3. The van der Waals surface area contributed by atoms with Gasteiger partial charge in [0.1, 0.15) is 0 Å². The van der Waals surface area contributed by atoms with Gasteiger partial charge in [0.05, 0.1) is 6.04 Å². The molecule has 1 atom stereocenters. The molecular formula is C18H23N3O. The molecule has 0 fully saturated rings. The number of pyridine rings is 1. The molecular weight excluding hydrogens is 274 g/mol. The van der Waals surface area contributed by atoms with E-state index in [1.807, 2.05) is 18.2 Å². The Morgan fingerprint density at radius 2 is 1.73 bits per heavy atom. The zero-order valence-electron chi connectivity index (χ0n) is 13.2. The van der Waals surface area contributed by atoms with Crippen LogP contribution in [0.1, 0.15) is 35.8 Å². The SMILES string of the molecule is CCN(CC)C(CNC(=O)c1ccncc1)c1ccccc1. The molecule has 4 heteroatoms. The summed E-state index contributed by atoms with van der Waals surface area (Å²) < 4.78 is 0. The van der Waals surface area contributed by atoms with E-state index in [4.69, 9.17) is 0 Å². The lowest BCUT2D eigenvalue weighted by Crippen LogP contribution is -2.38. The second-order valence-corrected chi connectivity index (χ2v) is 5.09. The van der Waals surface area contributed by atoms with Gasteiger partial charge in [-0.05, 0) is 30.8 Å². The van der Waals surface area contributed by atoms with Crippen LogP contribution in [0.25, 0.3) is 0 Å². The number of benzene rings is 1. The third-order valence-corrected chi connectivity index (χ3v) is 3.84. The first-order valence-electron chi connectivity index (χ1n) is 7.73. The maximum Gasteiger partial charge on any atom is 0.251 e. The van der Waals surface area contributed by atoms with E-state index in [1.165, 1.54) is 5.56 Å². The molecule has 0 aliphatic rings. The van der Waals surface area contributed by atoms with Crippen molar-refractivity contribution in [2.75, 3.05) is 19.6 Å². The number of nitrogens with zero attached hydrogens (tertiary/aromatic N) is 2. The zero-order chi connectivity index (χ0) is 15.8. The third kappa shape index (κ3) is 4.15. The highest BCUT2D eigenvalue weighted by molar-refractivity contribution is 5.93. The molecule has 1 unspecified atom stereocenters. The summed E-state index contributed by atoms with van der Waals surface area (Å²) >= 11 is 0. The van der Waals surface area contributed by atoms with Gasteiger partial charge in [-0.3, -0.25) is 14.7 Å². The summed E-state index contributed by atoms with van der Waals surface area (Å²) in [6.07, 6.45) is 3.27. The smallest absolute Gasteiger partial charge is 0.251 e. The summed E-state index contributed by atoms with van der Waals surface area (Å²) in [7, 11) is 0. The van der Waals surface area contributed by atoms with Crippen LogP contribution in [0.5, 0.6) is 0 Å². The van der Waals surface area contributed by atoms with Crippen LogP contribution in [0.3, 0.4) is 0 Å². The quantitative estimate of drug-likeness (QED) is 0.854. The van der Waals surface area contributed by atoms with Crippen molar-refractivity contribution in [3.05, 3.63) is 66.0 Å². The summed E-state index contributed by atoms with van der Waals surface area (Å²) in [4.78, 5) is 18.5. The lowest BCUT2D eigenvalue weighted by molar-refractivity contribution is 0.0935. The van der Waals surface area contributed by atoms with Gasteiger partial charge >= 0.3 is 0 Å². The van der Waals surface area contributed by atoms with Crippen LogP contribution in [-0.4, -0.2) is 35.4 Å². The monoisotopic (exact) mass is 297 g/mol. The predicted octanol–water partition coefficient (Wildman–Crippen LogP) is 2.89. The van der Waals surface area contributed by atoms with Gasteiger partial charge in [-0.1, -0.05) is 44.2 Å². The molecule has 4 nitrogen and oxygen atoms in total. The van der Waals surface area contributed by atoms with E-state index < -0.39 is 0 Å². The third-order valence-electron chi connectivity index (χ3n) is 3.84. The summed E-state index contributed by atoms with van der Waals surface area (Å²) in [5.74, 6) is -0.0597. The van der Waals surface area contributed by atoms with E-state index in [1.54, 1.807) is 24.5 Å². The van der Waals surface area contributed by atoms with Gasteiger partial charge < -0.3 is 5.32 Å². The van der Waals surface area contributed by atoms with Crippen LogP contribution in [0.15, 0.2) is 54.9 Å². The molecule has 0 saturated heterocycles. The fraction of sp³-hybridized carbons (Fsp3) is 0.333. The van der Waals surface area contributed by atoms with Crippen molar-refractivity contribution in [3.8, 4) is 0 Å². The van der Waals surface area contributed by atoms with Crippen molar-refractivity contribution < 1.29 is 4.79 Å². The molecule has 1 heterocycles. The first-order chi connectivity index (χ1) is 10.8. The lowest BCUT2D eigenvalue weighted by Gasteiger charge is -2.30. The molecule has 116 valence electrons. The number of aromatic nitrogens is 1. The van der Waals surface area contributed by atoms with Crippen molar-refractivity contribution in [1.82, 2.24) is 15.2 Å². The van der Waals surface area contributed by atoms with Crippen LogP contribution in [0.4, 0.5) is 0 Å². The largest absolute Gasteiger partial charge is 0.350 e. The molecule has 2 aromatic rings. The standard InChI is InChI=1S/C18H23N3O/c1-3-21(4-2)17(15-8-6-5-7-9-15)14-20-18(22)16-10-12-19-13-11-16/h5-13,17H,3-4,14H2,1-2H3,(H,20,22). The molecule has 22 heavy (non-hydrogen) atoms. The van der Waals surface area contributed by atoms with Crippen LogP contribution >= 0.6 is 0 Å². The van der Waals surface area contributed by atoms with Crippen molar-refractivity contribution in [2.24, 2.45) is 0 Å². The molecule has 0 bridgehead atoms. The molecule has 0 saturated carbocycles. The Morgan fingerprint density at radius 3 is 2.32 bits per heavy atom. The number of carbonyl (C=O) groups excluding carboxylic acids is 1. The average molecular weight is 297 g/mol. The van der Waals surface area contributed by atoms with Crippen LogP contribution in [0.2, 0.25) is 0 Å². The van der Waals surface area contributed by atoms with Crippen molar-refractivity contribution in [2.45, 2.75) is 19.9 Å². The minimum Gasteiger partial charge on any atom is -0.350 e. The highest BCUT2D eigenvalue weighted by Gasteiger charge is 2.18. The molecule has 0 aliphatic carbocycles. The Kier molecular flexibility index (Phi) is 6.10. The molecule has 1 amide bonds. The second-order valence-electron chi connectivity index (χ2n) is 5.09. The van der Waals surface area contributed by atoms with Gasteiger partial charge in [-0.15, -0.1) is 0 Å². The Labute approximate surface area is 132 Å². The van der Waals surface area contributed by atoms with Crippen LogP contribution in [0, 0.1) is 0 Å². The van der Waals surface area contributed by atoms with Gasteiger partial charge in [0.15, 0.2) is 0 Å². The van der Waals surface area contributed by atoms with E-state index in [9.17, 15) is 4.79 Å². The number of amides is 1. The predicted molar refractivity (Wildman–Crippen MR) is 88.7 cm³/mol. The summed E-state index contributed by atoms with van der Waals surface area (Å²) in [6, 6.07) is 13.9. The van der Waals surface area contributed by atoms with Crippen LogP contribution < -0.4 is 5.32 Å². The molecule has 2 rings (SSSR count). The molecule has 0 aliphatic heterocycles. The summed E-state index contributed by atoms with van der Waals surface area (Å²) in [5.41, 5.74) is 1.86. The number of rotatable bonds is 7. The lowest BCUT2D eigenvalue weighted by atomic mass is 10.0. The minimum absolute atomic E-state index is 0.0597. The van der Waals surface area contributed by atoms with Gasteiger partial charge in [-0.2, -0.15) is 0 Å². The van der Waals surface area contributed by atoms with E-state index in [-0.39, 0.29) is 11.9 Å². The van der Waals surface area contributed by atoms with E-state index in [0.717, 1.165) is 13.1 Å². The first kappa shape index (κ1) is 16.2. The Morgan fingerprint density at radius 1 is 1.09 bits per heavy atom. The Bertz CT molecular complexity index is 567. The van der Waals surface area contributed by atoms with Gasteiger partial charge in [0, 0.05) is 24.5 Å². The molecule has 1 aromatic carbocycles. The highest BCUT2D eigenvalue weighted by Crippen LogP contribution is 2.19.